The van der Waals surface area contributed by atoms with Crippen LogP contribution >= 0.6 is 0 Å². The number of amides is 2. The van der Waals surface area contributed by atoms with Crippen LogP contribution in [0.5, 0.6) is 0 Å². The van der Waals surface area contributed by atoms with Crippen molar-refractivity contribution >= 4 is 17.5 Å². The number of benzene rings is 2. The second-order valence-corrected chi connectivity index (χ2v) is 7.65. The zero-order chi connectivity index (χ0) is 19.3. The summed E-state index contributed by atoms with van der Waals surface area (Å²) in [6.45, 7) is 2.31. The van der Waals surface area contributed by atoms with Crippen molar-refractivity contribution in [3.63, 3.8) is 0 Å². The predicted octanol–water partition coefficient (Wildman–Crippen LogP) is 3.01. The summed E-state index contributed by atoms with van der Waals surface area (Å²) in [7, 11) is 0. The molecule has 0 aliphatic heterocycles. The fraction of sp³-hybridized carbons (Fsp3) is 0.364. The van der Waals surface area contributed by atoms with Gasteiger partial charge in [0, 0.05) is 29.1 Å². The fourth-order valence-electron chi connectivity index (χ4n) is 2.95. The van der Waals surface area contributed by atoms with Crippen LogP contribution in [0.2, 0.25) is 0 Å². The smallest absolute Gasteiger partial charge is 0.251 e. The SMILES string of the molecule is CC(CO)(CNC(=O)c1ccc(NC(=O)C2CC2)cc1)Cc1ccccc1. The molecule has 1 aliphatic rings. The van der Waals surface area contributed by atoms with E-state index in [0.717, 1.165) is 18.4 Å². The third-order valence-electron chi connectivity index (χ3n) is 4.89. The van der Waals surface area contributed by atoms with Crippen molar-refractivity contribution in [2.24, 2.45) is 11.3 Å². The third-order valence-corrected chi connectivity index (χ3v) is 4.89. The molecule has 27 heavy (non-hydrogen) atoms. The lowest BCUT2D eigenvalue weighted by molar-refractivity contribution is -0.117. The summed E-state index contributed by atoms with van der Waals surface area (Å²) in [4.78, 5) is 24.2. The van der Waals surface area contributed by atoms with E-state index in [4.69, 9.17) is 0 Å². The van der Waals surface area contributed by atoms with E-state index in [-0.39, 0.29) is 24.3 Å². The molecule has 2 aromatic rings. The van der Waals surface area contributed by atoms with Crippen LogP contribution < -0.4 is 10.6 Å². The van der Waals surface area contributed by atoms with E-state index >= 15 is 0 Å². The maximum atomic E-state index is 12.4. The topological polar surface area (TPSA) is 78.4 Å². The number of hydrogen-bond donors (Lipinski definition) is 3. The zero-order valence-corrected chi connectivity index (χ0v) is 15.6. The summed E-state index contributed by atoms with van der Waals surface area (Å²) in [5.41, 5.74) is 1.92. The molecule has 142 valence electrons. The lowest BCUT2D eigenvalue weighted by atomic mass is 9.84. The largest absolute Gasteiger partial charge is 0.396 e. The summed E-state index contributed by atoms with van der Waals surface area (Å²) in [5, 5.41) is 15.6. The lowest BCUT2D eigenvalue weighted by Gasteiger charge is -2.27. The van der Waals surface area contributed by atoms with Gasteiger partial charge < -0.3 is 15.7 Å². The van der Waals surface area contributed by atoms with Crippen LogP contribution in [0.1, 0.15) is 35.7 Å². The Hall–Kier alpha value is -2.66. The van der Waals surface area contributed by atoms with Crippen LogP contribution in [0.3, 0.4) is 0 Å². The van der Waals surface area contributed by atoms with Crippen LogP contribution in [0.15, 0.2) is 54.6 Å². The fourth-order valence-corrected chi connectivity index (χ4v) is 2.95. The maximum Gasteiger partial charge on any atom is 0.251 e. The van der Waals surface area contributed by atoms with Crippen molar-refractivity contribution in [2.45, 2.75) is 26.2 Å². The second-order valence-electron chi connectivity index (χ2n) is 7.65. The molecule has 1 aliphatic carbocycles. The van der Waals surface area contributed by atoms with E-state index in [1.165, 1.54) is 0 Å². The van der Waals surface area contributed by atoms with Crippen molar-refractivity contribution in [2.75, 3.05) is 18.5 Å². The Bertz CT molecular complexity index is 785. The average Bonchev–Trinajstić information content (AvgIpc) is 3.53. The van der Waals surface area contributed by atoms with E-state index < -0.39 is 5.41 Å². The molecular formula is C22H26N2O3. The highest BCUT2D eigenvalue weighted by molar-refractivity contribution is 5.96. The van der Waals surface area contributed by atoms with Gasteiger partial charge in [0.1, 0.15) is 0 Å². The van der Waals surface area contributed by atoms with E-state index in [1.54, 1.807) is 24.3 Å². The Morgan fingerprint density at radius 3 is 2.33 bits per heavy atom. The summed E-state index contributed by atoms with van der Waals surface area (Å²) >= 11 is 0. The number of carbonyl (C=O) groups is 2. The summed E-state index contributed by atoms with van der Waals surface area (Å²) in [6, 6.07) is 16.8. The third kappa shape index (κ3) is 5.41. The highest BCUT2D eigenvalue weighted by Gasteiger charge is 2.29. The van der Waals surface area contributed by atoms with Crippen molar-refractivity contribution in [1.82, 2.24) is 5.32 Å². The molecular weight excluding hydrogens is 340 g/mol. The predicted molar refractivity (Wildman–Crippen MR) is 105 cm³/mol. The van der Waals surface area contributed by atoms with Crippen LogP contribution in [-0.2, 0) is 11.2 Å². The quantitative estimate of drug-likeness (QED) is 0.672. The maximum absolute atomic E-state index is 12.4. The molecule has 0 aromatic heterocycles. The molecule has 0 spiro atoms. The molecule has 3 N–H and O–H groups in total. The summed E-state index contributed by atoms with van der Waals surface area (Å²) in [5.74, 6) is 0.00313. The van der Waals surface area contributed by atoms with Crippen molar-refractivity contribution in [1.29, 1.82) is 0 Å². The number of aliphatic hydroxyl groups is 1. The van der Waals surface area contributed by atoms with Gasteiger partial charge in [-0.15, -0.1) is 0 Å². The molecule has 1 atom stereocenters. The highest BCUT2D eigenvalue weighted by Crippen LogP contribution is 2.30. The van der Waals surface area contributed by atoms with Gasteiger partial charge in [0.05, 0.1) is 6.61 Å². The first-order valence-electron chi connectivity index (χ1n) is 9.33. The van der Waals surface area contributed by atoms with Crippen LogP contribution in [-0.4, -0.2) is 30.1 Å². The van der Waals surface area contributed by atoms with Gasteiger partial charge in [0.2, 0.25) is 5.91 Å². The minimum atomic E-state index is -0.435. The summed E-state index contributed by atoms with van der Waals surface area (Å²) in [6.07, 6.45) is 2.59. The van der Waals surface area contributed by atoms with Crippen LogP contribution in [0.4, 0.5) is 5.69 Å². The van der Waals surface area contributed by atoms with Gasteiger partial charge in [-0.2, -0.15) is 0 Å². The Morgan fingerprint density at radius 1 is 1.07 bits per heavy atom. The molecule has 2 aromatic carbocycles. The molecule has 0 heterocycles. The molecule has 0 radical (unpaired) electrons. The van der Waals surface area contributed by atoms with Gasteiger partial charge in [0.25, 0.3) is 5.91 Å². The highest BCUT2D eigenvalue weighted by atomic mass is 16.3. The minimum absolute atomic E-state index is 0.0195. The number of rotatable bonds is 8. The normalized spacial score (nSPS) is 15.6. The average molecular weight is 366 g/mol. The number of anilines is 1. The minimum Gasteiger partial charge on any atom is -0.396 e. The van der Waals surface area contributed by atoms with Gasteiger partial charge in [-0.25, -0.2) is 0 Å². The van der Waals surface area contributed by atoms with E-state index in [9.17, 15) is 14.7 Å². The summed E-state index contributed by atoms with van der Waals surface area (Å²) < 4.78 is 0. The van der Waals surface area contributed by atoms with E-state index in [0.29, 0.717) is 24.2 Å². The molecule has 0 saturated heterocycles. The Balaban J connectivity index is 1.54. The second kappa shape index (κ2) is 8.35. The molecule has 1 unspecified atom stereocenters. The van der Waals surface area contributed by atoms with Crippen LogP contribution in [0, 0.1) is 11.3 Å². The van der Waals surface area contributed by atoms with Gasteiger partial charge in [-0.1, -0.05) is 37.3 Å². The van der Waals surface area contributed by atoms with Gasteiger partial charge in [-0.3, -0.25) is 9.59 Å². The molecule has 5 heteroatoms. The van der Waals surface area contributed by atoms with E-state index in [2.05, 4.69) is 10.6 Å². The van der Waals surface area contributed by atoms with Crippen molar-refractivity contribution in [3.8, 4) is 0 Å². The first kappa shape index (κ1) is 19.1. The van der Waals surface area contributed by atoms with Gasteiger partial charge in [-0.05, 0) is 49.1 Å². The molecule has 1 saturated carbocycles. The molecule has 2 amide bonds. The van der Waals surface area contributed by atoms with Crippen LogP contribution in [0.25, 0.3) is 0 Å². The monoisotopic (exact) mass is 366 g/mol. The first-order chi connectivity index (χ1) is 13.0. The molecule has 5 nitrogen and oxygen atoms in total. The Morgan fingerprint density at radius 2 is 1.74 bits per heavy atom. The Kier molecular flexibility index (Phi) is 5.91. The number of nitrogens with one attached hydrogen (secondary N) is 2. The Labute approximate surface area is 159 Å². The van der Waals surface area contributed by atoms with Gasteiger partial charge in [0.15, 0.2) is 0 Å². The van der Waals surface area contributed by atoms with Gasteiger partial charge >= 0.3 is 0 Å². The van der Waals surface area contributed by atoms with E-state index in [1.807, 2.05) is 37.3 Å². The first-order valence-corrected chi connectivity index (χ1v) is 9.33. The van der Waals surface area contributed by atoms with Crippen molar-refractivity contribution in [3.05, 3.63) is 65.7 Å². The van der Waals surface area contributed by atoms with Crippen molar-refractivity contribution < 1.29 is 14.7 Å². The molecule has 0 bridgehead atoms. The lowest BCUT2D eigenvalue weighted by Crippen LogP contribution is -2.39. The zero-order valence-electron chi connectivity index (χ0n) is 15.6. The number of aliphatic hydroxyl groups excluding tert-OH is 1. The molecule has 1 fully saturated rings. The molecule has 3 rings (SSSR count). The number of carbonyl (C=O) groups excluding carboxylic acids is 2. The standard InChI is InChI=1S/C22H26N2O3/c1-22(15-25,13-16-5-3-2-4-6-16)14-23-20(26)17-9-11-19(12-10-17)24-21(27)18-7-8-18/h2-6,9-12,18,25H,7-8,13-15H2,1H3,(H,23,26)(H,24,27). The number of hydrogen-bond acceptors (Lipinski definition) is 3.